The second-order valence-corrected chi connectivity index (χ2v) is 9.29. The maximum atomic E-state index is 11.3. The van der Waals surface area contributed by atoms with E-state index in [1.54, 1.807) is 0 Å². The van der Waals surface area contributed by atoms with E-state index in [0.717, 1.165) is 50.5 Å². The number of phenols is 3. The number of phenolic OH excluding ortho intramolecular Hbond substituents is 3. The minimum Gasteiger partial charge on any atom is -0.504 e. The number of hydrogen-bond donors (Lipinski definition) is 4. The van der Waals surface area contributed by atoms with Crippen molar-refractivity contribution in [3.05, 3.63) is 17.2 Å². The van der Waals surface area contributed by atoms with Crippen molar-refractivity contribution in [2.45, 2.75) is 85.0 Å². The summed E-state index contributed by atoms with van der Waals surface area (Å²) in [6, 6.07) is 1.54. The van der Waals surface area contributed by atoms with Crippen LogP contribution in [0.5, 0.6) is 17.2 Å². The molecule has 1 saturated carbocycles. The van der Waals surface area contributed by atoms with Crippen molar-refractivity contribution in [2.24, 2.45) is 10.8 Å². The van der Waals surface area contributed by atoms with E-state index in [9.17, 15) is 25.2 Å². The quantitative estimate of drug-likeness (QED) is 0.334. The first-order valence-corrected chi connectivity index (χ1v) is 10.0. The van der Waals surface area contributed by atoms with Gasteiger partial charge in [-0.3, -0.25) is 4.79 Å². The minimum atomic E-state index is -0.693. The lowest BCUT2D eigenvalue weighted by Gasteiger charge is -2.18. The van der Waals surface area contributed by atoms with Crippen LogP contribution in [0.15, 0.2) is 6.07 Å². The number of carboxylic acids is 1. The lowest BCUT2D eigenvalue weighted by atomic mass is 9.88. The van der Waals surface area contributed by atoms with Gasteiger partial charge < -0.3 is 20.4 Å². The highest BCUT2D eigenvalue weighted by Crippen LogP contribution is 2.50. The summed E-state index contributed by atoms with van der Waals surface area (Å²) >= 11 is 0. The highest BCUT2D eigenvalue weighted by molar-refractivity contribution is 5.77. The fourth-order valence-corrected chi connectivity index (χ4v) is 3.70. The fraction of sp³-hybridized carbons (Fsp3) is 0.682. The first kappa shape index (κ1) is 21.4. The molecular formula is C22H34O5. The predicted octanol–water partition coefficient (Wildman–Crippen LogP) is 5.14. The molecule has 0 aromatic heterocycles. The van der Waals surface area contributed by atoms with E-state index in [2.05, 4.69) is 20.8 Å². The van der Waals surface area contributed by atoms with E-state index < -0.39 is 17.1 Å². The Morgan fingerprint density at radius 3 is 2.19 bits per heavy atom. The second-order valence-electron chi connectivity index (χ2n) is 9.29. The number of unbranched alkanes of at least 4 members (excludes halogenated alkanes) is 2. The number of aryl methyl sites for hydroxylation is 1. The Morgan fingerprint density at radius 1 is 1.00 bits per heavy atom. The van der Waals surface area contributed by atoms with Crippen LogP contribution in [0.3, 0.4) is 0 Å². The third-order valence-corrected chi connectivity index (χ3v) is 5.71. The molecular weight excluding hydrogens is 344 g/mol. The van der Waals surface area contributed by atoms with Crippen molar-refractivity contribution in [3.63, 3.8) is 0 Å². The summed E-state index contributed by atoms with van der Waals surface area (Å²) < 4.78 is 0. The van der Waals surface area contributed by atoms with Gasteiger partial charge in [-0.2, -0.15) is 0 Å². The standard InChI is InChI=1S/C22H34O5/c1-21(2,3)10-6-5-9-16-15(14-17(23)19(25)18(16)24)8-4-7-11-22(12-13-22)20(26)27/h14,23-25H,4-13H2,1-3H3,(H,26,27). The smallest absolute Gasteiger partial charge is 0.309 e. The van der Waals surface area contributed by atoms with Crippen molar-refractivity contribution in [1.29, 1.82) is 0 Å². The number of benzene rings is 1. The molecule has 27 heavy (non-hydrogen) atoms. The Hall–Kier alpha value is -1.91. The molecule has 1 aromatic carbocycles. The molecule has 0 radical (unpaired) electrons. The van der Waals surface area contributed by atoms with Gasteiger partial charge in [0.05, 0.1) is 5.41 Å². The molecule has 152 valence electrons. The van der Waals surface area contributed by atoms with Gasteiger partial charge in [-0.15, -0.1) is 0 Å². The molecule has 0 spiro atoms. The highest BCUT2D eigenvalue weighted by Gasteiger charge is 2.49. The largest absolute Gasteiger partial charge is 0.504 e. The average Bonchev–Trinajstić information content (AvgIpc) is 3.36. The van der Waals surface area contributed by atoms with Crippen LogP contribution in [-0.4, -0.2) is 26.4 Å². The SMILES string of the molecule is CC(C)(C)CCCCc1c(CCCCC2(C(=O)O)CC2)cc(O)c(O)c1O. The van der Waals surface area contributed by atoms with Gasteiger partial charge in [-0.05, 0) is 68.4 Å². The summed E-state index contributed by atoms with van der Waals surface area (Å²) in [7, 11) is 0. The zero-order valence-electron chi connectivity index (χ0n) is 16.8. The Labute approximate surface area is 162 Å². The maximum absolute atomic E-state index is 11.3. The van der Waals surface area contributed by atoms with Crippen LogP contribution in [-0.2, 0) is 17.6 Å². The number of aliphatic carboxylic acids is 1. The van der Waals surface area contributed by atoms with E-state index in [4.69, 9.17) is 0 Å². The van der Waals surface area contributed by atoms with Gasteiger partial charge in [0, 0.05) is 5.56 Å². The molecule has 1 fully saturated rings. The number of carbonyl (C=O) groups is 1. The van der Waals surface area contributed by atoms with E-state index in [1.165, 1.54) is 6.07 Å². The summed E-state index contributed by atoms with van der Waals surface area (Å²) in [4.78, 5) is 11.3. The number of carboxylic acid groups (broad SMARTS) is 1. The van der Waals surface area contributed by atoms with Gasteiger partial charge in [0.25, 0.3) is 0 Å². The minimum absolute atomic E-state index is 0.218. The number of hydrogen-bond acceptors (Lipinski definition) is 4. The summed E-state index contributed by atoms with van der Waals surface area (Å²) in [5.41, 5.74) is 1.32. The Morgan fingerprint density at radius 2 is 1.63 bits per heavy atom. The molecule has 2 rings (SSSR count). The highest BCUT2D eigenvalue weighted by atomic mass is 16.4. The molecule has 0 saturated heterocycles. The van der Waals surface area contributed by atoms with Gasteiger partial charge in [0.1, 0.15) is 0 Å². The van der Waals surface area contributed by atoms with Crippen molar-refractivity contribution in [2.75, 3.05) is 0 Å². The molecule has 0 unspecified atom stereocenters. The maximum Gasteiger partial charge on any atom is 0.309 e. The fourth-order valence-electron chi connectivity index (χ4n) is 3.70. The molecule has 0 aliphatic heterocycles. The van der Waals surface area contributed by atoms with Crippen LogP contribution in [0.2, 0.25) is 0 Å². The van der Waals surface area contributed by atoms with Crippen LogP contribution < -0.4 is 0 Å². The predicted molar refractivity (Wildman–Crippen MR) is 105 cm³/mol. The molecule has 1 aliphatic carbocycles. The summed E-state index contributed by atoms with van der Waals surface area (Å²) in [6.45, 7) is 6.60. The van der Waals surface area contributed by atoms with Gasteiger partial charge in [-0.1, -0.05) is 33.6 Å². The van der Waals surface area contributed by atoms with E-state index in [-0.39, 0.29) is 16.9 Å². The van der Waals surface area contributed by atoms with Crippen LogP contribution in [0.1, 0.15) is 83.3 Å². The molecule has 1 aliphatic rings. The number of aromatic hydroxyl groups is 3. The zero-order valence-corrected chi connectivity index (χ0v) is 16.8. The van der Waals surface area contributed by atoms with Crippen LogP contribution in [0, 0.1) is 10.8 Å². The molecule has 1 aromatic rings. The van der Waals surface area contributed by atoms with Crippen LogP contribution >= 0.6 is 0 Å². The Balaban J connectivity index is 1.96. The van der Waals surface area contributed by atoms with Gasteiger partial charge in [0.15, 0.2) is 11.5 Å². The topological polar surface area (TPSA) is 98.0 Å². The molecule has 0 bridgehead atoms. The first-order valence-electron chi connectivity index (χ1n) is 10.0. The van der Waals surface area contributed by atoms with Crippen molar-refractivity contribution >= 4 is 5.97 Å². The van der Waals surface area contributed by atoms with Crippen LogP contribution in [0.25, 0.3) is 0 Å². The first-order chi connectivity index (χ1) is 12.6. The molecule has 5 nitrogen and oxygen atoms in total. The van der Waals surface area contributed by atoms with Crippen molar-refractivity contribution < 1.29 is 25.2 Å². The van der Waals surface area contributed by atoms with Crippen molar-refractivity contribution in [3.8, 4) is 17.2 Å². The summed E-state index contributed by atoms with van der Waals surface area (Å²) in [5, 5.41) is 39.3. The normalized spacial score (nSPS) is 15.7. The number of rotatable bonds is 10. The van der Waals surface area contributed by atoms with E-state index in [1.807, 2.05) is 0 Å². The lowest BCUT2D eigenvalue weighted by Crippen LogP contribution is -2.14. The summed E-state index contributed by atoms with van der Waals surface area (Å²) in [6.07, 6.45) is 8.16. The summed E-state index contributed by atoms with van der Waals surface area (Å²) in [5.74, 6) is -1.66. The van der Waals surface area contributed by atoms with Gasteiger partial charge >= 0.3 is 5.97 Å². The Bertz CT molecular complexity index is 668. The third-order valence-electron chi connectivity index (χ3n) is 5.71. The molecule has 4 N–H and O–H groups in total. The average molecular weight is 379 g/mol. The van der Waals surface area contributed by atoms with E-state index >= 15 is 0 Å². The third kappa shape index (κ3) is 5.78. The molecule has 0 atom stereocenters. The molecule has 0 heterocycles. The van der Waals surface area contributed by atoms with Gasteiger partial charge in [0.2, 0.25) is 5.75 Å². The zero-order chi connectivity index (χ0) is 20.2. The van der Waals surface area contributed by atoms with Crippen LogP contribution in [0.4, 0.5) is 0 Å². The van der Waals surface area contributed by atoms with Gasteiger partial charge in [-0.25, -0.2) is 0 Å². The van der Waals surface area contributed by atoms with E-state index in [0.29, 0.717) is 24.8 Å². The molecule has 5 heteroatoms. The Kier molecular flexibility index (Phi) is 6.66. The monoisotopic (exact) mass is 378 g/mol. The molecule has 0 amide bonds. The lowest BCUT2D eigenvalue weighted by molar-refractivity contribution is -0.143. The van der Waals surface area contributed by atoms with Crippen molar-refractivity contribution in [1.82, 2.24) is 0 Å². The second kappa shape index (κ2) is 8.41.